The Morgan fingerprint density at radius 3 is 2.64 bits per heavy atom. The Kier molecular flexibility index (Phi) is 6.48. The average Bonchev–Trinajstić information content (AvgIpc) is 3.65. The minimum Gasteiger partial charge on any atom is -0.493 e. The Morgan fingerprint density at radius 1 is 1.03 bits per heavy atom. The topological polar surface area (TPSA) is 93.9 Å². The Bertz CT molecular complexity index is 1710. The summed E-state index contributed by atoms with van der Waals surface area (Å²) in [5, 5.41) is 0.821. The number of rotatable bonds is 8. The molecule has 3 aromatic carbocycles. The molecule has 0 fully saturated rings. The van der Waals surface area contributed by atoms with Crippen LogP contribution >= 0.6 is 11.7 Å². The van der Waals surface area contributed by atoms with Gasteiger partial charge in [0.1, 0.15) is 16.7 Å². The summed E-state index contributed by atoms with van der Waals surface area (Å²) >= 11 is 1.17. The Morgan fingerprint density at radius 2 is 1.85 bits per heavy atom. The monoisotopic (exact) mass is 545 g/mol. The van der Waals surface area contributed by atoms with E-state index in [4.69, 9.17) is 23.7 Å². The van der Waals surface area contributed by atoms with Crippen molar-refractivity contribution in [1.82, 2.24) is 13.3 Å². The van der Waals surface area contributed by atoms with E-state index < -0.39 is 5.97 Å². The van der Waals surface area contributed by atoms with Crippen LogP contribution in [0.2, 0.25) is 0 Å². The normalized spacial score (nSPS) is 12.4. The van der Waals surface area contributed by atoms with Crippen molar-refractivity contribution in [2.45, 2.75) is 33.4 Å². The van der Waals surface area contributed by atoms with Crippen LogP contribution in [-0.4, -0.2) is 45.9 Å². The van der Waals surface area contributed by atoms with Gasteiger partial charge in [0.05, 0.1) is 37.1 Å². The van der Waals surface area contributed by atoms with E-state index in [9.17, 15) is 4.79 Å². The van der Waals surface area contributed by atoms with E-state index in [0.717, 1.165) is 33.1 Å². The molecule has 39 heavy (non-hydrogen) atoms. The third-order valence-electron chi connectivity index (χ3n) is 6.50. The van der Waals surface area contributed by atoms with Gasteiger partial charge in [0.15, 0.2) is 23.0 Å². The fourth-order valence-corrected chi connectivity index (χ4v) is 5.41. The highest BCUT2D eigenvalue weighted by Gasteiger charge is 2.28. The van der Waals surface area contributed by atoms with Crippen molar-refractivity contribution in [3.63, 3.8) is 0 Å². The molecule has 2 aromatic heterocycles. The predicted molar refractivity (Wildman–Crippen MR) is 148 cm³/mol. The first-order valence-corrected chi connectivity index (χ1v) is 13.4. The van der Waals surface area contributed by atoms with E-state index in [-0.39, 0.29) is 19.5 Å². The van der Waals surface area contributed by atoms with Crippen LogP contribution in [0.3, 0.4) is 0 Å². The van der Waals surface area contributed by atoms with Gasteiger partial charge in [-0.1, -0.05) is 12.1 Å². The molecular weight excluding hydrogens is 518 g/mol. The molecule has 9 nitrogen and oxygen atoms in total. The van der Waals surface area contributed by atoms with Gasteiger partial charge in [-0.25, -0.2) is 4.79 Å². The lowest BCUT2D eigenvalue weighted by molar-refractivity contribution is 0.0516. The van der Waals surface area contributed by atoms with Crippen LogP contribution in [0, 0.1) is 0 Å². The van der Waals surface area contributed by atoms with Crippen molar-refractivity contribution in [2.75, 3.05) is 20.5 Å². The Balaban J connectivity index is 1.64. The van der Waals surface area contributed by atoms with Crippen molar-refractivity contribution in [1.29, 1.82) is 0 Å². The minimum atomic E-state index is -0.428. The lowest BCUT2D eigenvalue weighted by Gasteiger charge is -2.15. The van der Waals surface area contributed by atoms with Gasteiger partial charge in [-0.05, 0) is 62.2 Å². The summed E-state index contributed by atoms with van der Waals surface area (Å²) in [6, 6.07) is 15.5. The number of hydrogen-bond acceptors (Lipinski definition) is 9. The van der Waals surface area contributed by atoms with E-state index in [2.05, 4.69) is 8.75 Å². The summed E-state index contributed by atoms with van der Waals surface area (Å²) in [6.07, 6.45) is -0.0720. The largest absolute Gasteiger partial charge is 0.493 e. The maximum absolute atomic E-state index is 13.7. The summed E-state index contributed by atoms with van der Waals surface area (Å²) in [6.45, 7) is 6.51. The molecule has 5 aromatic rings. The fourth-order valence-electron chi connectivity index (χ4n) is 4.89. The number of nitrogens with zero attached hydrogens (tertiary/aromatic N) is 3. The molecule has 3 heterocycles. The summed E-state index contributed by atoms with van der Waals surface area (Å²) < 4.78 is 39.3. The summed E-state index contributed by atoms with van der Waals surface area (Å²) in [5.41, 5.74) is 5.36. The molecule has 0 N–H and O–H groups in total. The molecule has 0 radical (unpaired) electrons. The lowest BCUT2D eigenvalue weighted by Crippen LogP contribution is -2.14. The number of esters is 1. The van der Waals surface area contributed by atoms with Gasteiger partial charge in [0.25, 0.3) is 0 Å². The molecule has 0 unspecified atom stereocenters. The van der Waals surface area contributed by atoms with Crippen LogP contribution in [0.1, 0.15) is 36.8 Å². The fraction of sp³-hybridized carbons (Fsp3) is 0.276. The predicted octanol–water partition coefficient (Wildman–Crippen LogP) is 6.06. The second kappa shape index (κ2) is 10.1. The van der Waals surface area contributed by atoms with E-state index in [1.54, 1.807) is 14.0 Å². The first-order valence-electron chi connectivity index (χ1n) is 12.7. The van der Waals surface area contributed by atoms with Gasteiger partial charge >= 0.3 is 5.97 Å². The number of carbonyl (C=O) groups is 1. The number of carbonyl (C=O) groups excluding carboxylic acids is 1. The number of aromatic nitrogens is 3. The Labute approximate surface area is 229 Å². The minimum absolute atomic E-state index is 0.0720. The van der Waals surface area contributed by atoms with Crippen molar-refractivity contribution >= 4 is 39.6 Å². The van der Waals surface area contributed by atoms with Gasteiger partial charge in [0.2, 0.25) is 6.79 Å². The van der Waals surface area contributed by atoms with E-state index >= 15 is 0 Å². The van der Waals surface area contributed by atoms with Crippen LogP contribution in [0.15, 0.2) is 48.5 Å². The highest BCUT2D eigenvalue weighted by Crippen LogP contribution is 2.44. The van der Waals surface area contributed by atoms with E-state index in [1.165, 1.54) is 11.7 Å². The number of methoxy groups -OCH3 is 1. The quantitative estimate of drug-likeness (QED) is 0.217. The smallest absolute Gasteiger partial charge is 0.355 e. The molecule has 0 aliphatic carbocycles. The second-order valence-corrected chi connectivity index (χ2v) is 9.90. The molecule has 10 heteroatoms. The van der Waals surface area contributed by atoms with Crippen LogP contribution in [0.5, 0.6) is 23.0 Å². The maximum Gasteiger partial charge on any atom is 0.355 e. The molecule has 0 amide bonds. The van der Waals surface area contributed by atoms with Crippen LogP contribution in [-0.2, 0) is 11.3 Å². The van der Waals surface area contributed by atoms with Crippen LogP contribution in [0.4, 0.5) is 0 Å². The van der Waals surface area contributed by atoms with Crippen molar-refractivity contribution in [3.05, 3.63) is 59.8 Å². The third kappa shape index (κ3) is 4.50. The van der Waals surface area contributed by atoms with E-state index in [0.29, 0.717) is 40.8 Å². The Hall–Kier alpha value is -4.31. The highest BCUT2D eigenvalue weighted by atomic mass is 32.1. The molecule has 6 rings (SSSR count). The first kappa shape index (κ1) is 25.0. The summed E-state index contributed by atoms with van der Waals surface area (Å²) in [5.74, 6) is 2.02. The molecule has 0 saturated heterocycles. The van der Waals surface area contributed by atoms with Gasteiger partial charge in [0, 0.05) is 23.6 Å². The standard InChI is InChI=1S/C29H27N3O6S/c1-5-35-29(33)28-27(18-7-9-23-25(11-18)37-15-36-23)19-12-24(34-4)26(38-16(2)3)13-22(19)32(28)14-17-6-8-20-21(10-17)31-39-30-20/h6-13,16H,5,14-15H2,1-4H3. The second-order valence-electron chi connectivity index (χ2n) is 9.37. The molecule has 0 atom stereocenters. The molecule has 0 bridgehead atoms. The summed E-state index contributed by atoms with van der Waals surface area (Å²) in [4.78, 5) is 13.7. The number of hydrogen-bond donors (Lipinski definition) is 0. The summed E-state index contributed by atoms with van der Waals surface area (Å²) in [7, 11) is 1.61. The van der Waals surface area contributed by atoms with Gasteiger partial charge in [-0.3, -0.25) is 0 Å². The molecule has 0 saturated carbocycles. The van der Waals surface area contributed by atoms with Crippen molar-refractivity contribution in [2.24, 2.45) is 0 Å². The van der Waals surface area contributed by atoms with Crippen LogP contribution in [0.25, 0.3) is 33.1 Å². The average molecular weight is 546 g/mol. The molecule has 0 spiro atoms. The zero-order chi connectivity index (χ0) is 27.1. The maximum atomic E-state index is 13.7. The van der Waals surface area contributed by atoms with Gasteiger partial charge in [-0.2, -0.15) is 8.75 Å². The molecule has 1 aliphatic heterocycles. The zero-order valence-corrected chi connectivity index (χ0v) is 22.8. The SMILES string of the molecule is CCOC(=O)c1c(-c2ccc3c(c2)OCO3)c2cc(OC)c(OC(C)C)cc2n1Cc1ccc2nsnc2c1. The van der Waals surface area contributed by atoms with Crippen LogP contribution < -0.4 is 18.9 Å². The number of ether oxygens (including phenoxy) is 5. The lowest BCUT2D eigenvalue weighted by atomic mass is 10.0. The number of fused-ring (bicyclic) bond motifs is 3. The van der Waals surface area contributed by atoms with Gasteiger partial charge < -0.3 is 28.3 Å². The third-order valence-corrected chi connectivity index (χ3v) is 7.06. The van der Waals surface area contributed by atoms with E-state index in [1.807, 2.05) is 66.9 Å². The zero-order valence-electron chi connectivity index (χ0n) is 22.0. The van der Waals surface area contributed by atoms with Crippen molar-refractivity contribution in [3.8, 4) is 34.1 Å². The molecule has 1 aliphatic rings. The van der Waals surface area contributed by atoms with Gasteiger partial charge in [-0.15, -0.1) is 0 Å². The molecule has 200 valence electrons. The highest BCUT2D eigenvalue weighted by molar-refractivity contribution is 7.00. The number of benzene rings is 3. The van der Waals surface area contributed by atoms with Crippen molar-refractivity contribution < 1.29 is 28.5 Å². The molecular formula is C29H27N3O6S. The first-order chi connectivity index (χ1) is 19.0.